The van der Waals surface area contributed by atoms with Crippen molar-refractivity contribution in [2.75, 3.05) is 13.7 Å². The molecule has 1 atom stereocenters. The topological polar surface area (TPSA) is 94.8 Å². The highest BCUT2D eigenvalue weighted by molar-refractivity contribution is 5.85. The van der Waals surface area contributed by atoms with Gasteiger partial charge in [0.2, 0.25) is 0 Å². The van der Waals surface area contributed by atoms with Gasteiger partial charge >= 0.3 is 11.6 Å². The Bertz CT molecular complexity index is 1070. The zero-order valence-electron chi connectivity index (χ0n) is 16.1. The van der Waals surface area contributed by atoms with Crippen LogP contribution in [0.2, 0.25) is 0 Å². The molecule has 29 heavy (non-hydrogen) atoms. The highest BCUT2D eigenvalue weighted by Gasteiger charge is 2.22. The Morgan fingerprint density at radius 3 is 2.59 bits per heavy atom. The molecule has 150 valence electrons. The molecule has 1 aromatic heterocycles. The minimum absolute atomic E-state index is 0.302. The van der Waals surface area contributed by atoms with Gasteiger partial charge in [-0.3, -0.25) is 4.79 Å². The van der Waals surface area contributed by atoms with E-state index < -0.39 is 23.5 Å². The first-order valence-electron chi connectivity index (χ1n) is 9.04. The Balaban J connectivity index is 1.65. The van der Waals surface area contributed by atoms with E-state index >= 15 is 0 Å². The Morgan fingerprint density at radius 2 is 1.86 bits per heavy atom. The van der Waals surface area contributed by atoms with Crippen molar-refractivity contribution in [1.29, 1.82) is 0 Å². The van der Waals surface area contributed by atoms with Crippen molar-refractivity contribution >= 4 is 22.8 Å². The van der Waals surface area contributed by atoms with Crippen molar-refractivity contribution in [1.82, 2.24) is 5.32 Å². The lowest BCUT2D eigenvalue weighted by Gasteiger charge is -2.17. The third-order valence-corrected chi connectivity index (χ3v) is 4.40. The fourth-order valence-electron chi connectivity index (χ4n) is 2.97. The van der Waals surface area contributed by atoms with Crippen LogP contribution in [0.1, 0.15) is 11.1 Å². The molecule has 1 heterocycles. The summed E-state index contributed by atoms with van der Waals surface area (Å²) in [5.41, 5.74) is 1.61. The Kier molecular flexibility index (Phi) is 6.29. The van der Waals surface area contributed by atoms with Gasteiger partial charge in [0.15, 0.2) is 6.61 Å². The maximum atomic E-state index is 12.3. The molecule has 1 N–H and O–H groups in total. The van der Waals surface area contributed by atoms with Gasteiger partial charge in [0.1, 0.15) is 17.4 Å². The molecule has 0 aliphatic rings. The average molecular weight is 395 g/mol. The van der Waals surface area contributed by atoms with E-state index in [0.29, 0.717) is 17.8 Å². The highest BCUT2D eigenvalue weighted by atomic mass is 16.5. The fourth-order valence-corrected chi connectivity index (χ4v) is 2.97. The largest absolute Gasteiger partial charge is 0.484 e. The number of ether oxygens (including phenoxy) is 2. The molecule has 0 radical (unpaired) electrons. The summed E-state index contributed by atoms with van der Waals surface area (Å²) in [7, 11) is 1.27. The molecule has 3 aromatic rings. The normalized spacial score (nSPS) is 11.7. The van der Waals surface area contributed by atoms with Crippen LogP contribution in [0.15, 0.2) is 63.8 Å². The first-order valence-corrected chi connectivity index (χ1v) is 9.04. The minimum atomic E-state index is -0.823. The van der Waals surface area contributed by atoms with E-state index in [0.717, 1.165) is 16.5 Å². The molecule has 0 aliphatic heterocycles. The smallest absolute Gasteiger partial charge is 0.336 e. The number of amides is 1. The summed E-state index contributed by atoms with van der Waals surface area (Å²) in [5, 5.41) is 3.42. The van der Waals surface area contributed by atoms with Crippen LogP contribution < -0.4 is 15.7 Å². The summed E-state index contributed by atoms with van der Waals surface area (Å²) < 4.78 is 15.4. The second-order valence-corrected chi connectivity index (χ2v) is 6.53. The fraction of sp³-hybridized carbons (Fsp3) is 0.227. The van der Waals surface area contributed by atoms with Crippen molar-refractivity contribution in [2.45, 2.75) is 19.4 Å². The van der Waals surface area contributed by atoms with Crippen molar-refractivity contribution in [3.05, 3.63) is 76.1 Å². The van der Waals surface area contributed by atoms with Crippen LogP contribution in [0.5, 0.6) is 5.75 Å². The first kappa shape index (κ1) is 20.1. The lowest BCUT2D eigenvalue weighted by atomic mass is 10.1. The molecular formula is C22H21NO6. The minimum Gasteiger partial charge on any atom is -0.484 e. The van der Waals surface area contributed by atoms with Gasteiger partial charge in [0.25, 0.3) is 5.91 Å². The van der Waals surface area contributed by atoms with Gasteiger partial charge in [0.05, 0.1) is 7.11 Å². The van der Waals surface area contributed by atoms with Gasteiger partial charge in [-0.2, -0.15) is 0 Å². The van der Waals surface area contributed by atoms with Crippen LogP contribution in [-0.4, -0.2) is 31.6 Å². The first-order chi connectivity index (χ1) is 14.0. The van der Waals surface area contributed by atoms with Gasteiger partial charge in [-0.25, -0.2) is 9.59 Å². The molecule has 0 spiro atoms. The third-order valence-electron chi connectivity index (χ3n) is 4.40. The highest BCUT2D eigenvalue weighted by Crippen LogP contribution is 2.22. The van der Waals surface area contributed by atoms with Gasteiger partial charge in [0, 0.05) is 23.9 Å². The Labute approximate surface area is 167 Å². The number of hydrogen-bond acceptors (Lipinski definition) is 6. The molecule has 0 bridgehead atoms. The number of esters is 1. The standard InChI is InChI=1S/C22H21NO6/c1-14-10-21(25)29-19-12-16(8-9-17(14)19)28-13-20(24)23-18(22(26)27-2)11-15-6-4-3-5-7-15/h3-10,12,18H,11,13H2,1-2H3,(H,23,24)/t18-/m0/s1. The summed E-state index contributed by atoms with van der Waals surface area (Å²) in [6, 6.07) is 14.9. The Morgan fingerprint density at radius 1 is 1.10 bits per heavy atom. The monoisotopic (exact) mass is 395 g/mol. The molecule has 2 aromatic carbocycles. The predicted molar refractivity (Wildman–Crippen MR) is 107 cm³/mol. The van der Waals surface area contributed by atoms with Crippen LogP contribution in [-0.2, 0) is 20.7 Å². The van der Waals surface area contributed by atoms with E-state index in [-0.39, 0.29) is 6.61 Å². The number of carbonyl (C=O) groups excluding carboxylic acids is 2. The molecule has 7 nitrogen and oxygen atoms in total. The number of nitrogens with one attached hydrogen (secondary N) is 1. The van der Waals surface area contributed by atoms with Gasteiger partial charge < -0.3 is 19.2 Å². The molecule has 0 saturated heterocycles. The number of aryl methyl sites for hydroxylation is 1. The number of methoxy groups -OCH3 is 1. The number of rotatable bonds is 7. The summed E-state index contributed by atoms with van der Waals surface area (Å²) in [5.74, 6) is -0.633. The molecule has 0 fully saturated rings. The number of hydrogen-bond donors (Lipinski definition) is 1. The summed E-state index contributed by atoms with van der Waals surface area (Å²) in [4.78, 5) is 35.8. The Hall–Kier alpha value is -3.61. The van der Waals surface area contributed by atoms with Crippen molar-refractivity contribution in [3.8, 4) is 5.75 Å². The maximum absolute atomic E-state index is 12.3. The number of carbonyl (C=O) groups is 2. The van der Waals surface area contributed by atoms with Crippen molar-refractivity contribution in [3.63, 3.8) is 0 Å². The maximum Gasteiger partial charge on any atom is 0.336 e. The van der Waals surface area contributed by atoms with E-state index in [9.17, 15) is 14.4 Å². The average Bonchev–Trinajstić information content (AvgIpc) is 2.71. The number of benzene rings is 2. The lowest BCUT2D eigenvalue weighted by molar-refractivity contribution is -0.145. The third kappa shape index (κ3) is 5.22. The molecular weight excluding hydrogens is 374 g/mol. The van der Waals surface area contributed by atoms with Crippen LogP contribution in [0, 0.1) is 6.92 Å². The molecule has 7 heteroatoms. The number of fused-ring (bicyclic) bond motifs is 1. The van der Waals surface area contributed by atoms with Crippen LogP contribution in [0.3, 0.4) is 0 Å². The van der Waals surface area contributed by atoms with Gasteiger partial charge in [-0.05, 0) is 30.2 Å². The summed E-state index contributed by atoms with van der Waals surface area (Å²) in [6.07, 6.45) is 0.305. The summed E-state index contributed by atoms with van der Waals surface area (Å²) >= 11 is 0. The molecule has 0 saturated carbocycles. The van der Waals surface area contributed by atoms with Gasteiger partial charge in [-0.1, -0.05) is 30.3 Å². The van der Waals surface area contributed by atoms with Gasteiger partial charge in [-0.15, -0.1) is 0 Å². The van der Waals surface area contributed by atoms with E-state index in [1.807, 2.05) is 37.3 Å². The predicted octanol–water partition coefficient (Wildman–Crippen LogP) is 2.38. The van der Waals surface area contributed by atoms with Crippen LogP contribution in [0.4, 0.5) is 0 Å². The van der Waals surface area contributed by atoms with E-state index in [2.05, 4.69) is 5.32 Å². The van der Waals surface area contributed by atoms with Crippen molar-refractivity contribution in [2.24, 2.45) is 0 Å². The van der Waals surface area contributed by atoms with Crippen LogP contribution in [0.25, 0.3) is 11.0 Å². The molecule has 0 unspecified atom stereocenters. The zero-order valence-corrected chi connectivity index (χ0v) is 16.1. The van der Waals surface area contributed by atoms with E-state index in [4.69, 9.17) is 13.9 Å². The van der Waals surface area contributed by atoms with Crippen molar-refractivity contribution < 1.29 is 23.5 Å². The molecule has 0 aliphatic carbocycles. The zero-order chi connectivity index (χ0) is 20.8. The quantitative estimate of drug-likeness (QED) is 0.488. The molecule has 1 amide bonds. The van der Waals surface area contributed by atoms with E-state index in [1.165, 1.54) is 13.2 Å². The second kappa shape index (κ2) is 9.05. The second-order valence-electron chi connectivity index (χ2n) is 6.53. The lowest BCUT2D eigenvalue weighted by Crippen LogP contribution is -2.44. The van der Waals surface area contributed by atoms with Crippen LogP contribution >= 0.6 is 0 Å². The molecule has 3 rings (SSSR count). The van der Waals surface area contributed by atoms with E-state index in [1.54, 1.807) is 18.2 Å². The SMILES string of the molecule is COC(=O)[C@H](Cc1ccccc1)NC(=O)COc1ccc2c(C)cc(=O)oc2c1. The summed E-state index contributed by atoms with van der Waals surface area (Å²) in [6.45, 7) is 1.51.